The average Bonchev–Trinajstić information content (AvgIpc) is 2.65. The molecule has 2 rings (SSSR count). The third kappa shape index (κ3) is 3.86. The molecule has 0 aliphatic carbocycles. The number of hydrogen-bond acceptors (Lipinski definition) is 2. The summed E-state index contributed by atoms with van der Waals surface area (Å²) in [7, 11) is 0. The zero-order valence-electron chi connectivity index (χ0n) is 12.1. The summed E-state index contributed by atoms with van der Waals surface area (Å²) in [5.41, 5.74) is 7.89. The van der Waals surface area contributed by atoms with Crippen LogP contribution < -0.4 is 10.6 Å². The van der Waals surface area contributed by atoms with Crippen molar-refractivity contribution >= 4 is 34.5 Å². The molecule has 0 bridgehead atoms. The molecule has 1 heterocycles. The first kappa shape index (κ1) is 15.6. The highest BCUT2D eigenvalue weighted by Crippen LogP contribution is 2.29. The average molecular weight is 311 g/mol. The molecule has 110 valence electrons. The van der Waals surface area contributed by atoms with Crippen molar-refractivity contribution in [3.63, 3.8) is 0 Å². The molecule has 2 N–H and O–H groups in total. The van der Waals surface area contributed by atoms with E-state index in [2.05, 4.69) is 17.9 Å². The highest BCUT2D eigenvalue weighted by molar-refractivity contribution is 7.80. The Morgan fingerprint density at radius 1 is 1.40 bits per heavy atom. The van der Waals surface area contributed by atoms with Crippen molar-refractivity contribution in [1.82, 2.24) is 0 Å². The molecular formula is C16H23ClN2S. The number of rotatable bonds is 4. The highest BCUT2D eigenvalue weighted by atomic mass is 35.5. The Hall–Kier alpha value is -0.800. The van der Waals surface area contributed by atoms with Gasteiger partial charge in [0.05, 0.1) is 0 Å². The third-order valence-electron chi connectivity index (χ3n) is 4.11. The Morgan fingerprint density at radius 2 is 2.20 bits per heavy atom. The number of anilines is 1. The first-order chi connectivity index (χ1) is 9.61. The van der Waals surface area contributed by atoms with E-state index in [1.807, 2.05) is 12.1 Å². The molecule has 2 nitrogen and oxygen atoms in total. The number of benzene rings is 1. The van der Waals surface area contributed by atoms with Gasteiger partial charge < -0.3 is 10.6 Å². The second kappa shape index (κ2) is 7.28. The lowest BCUT2D eigenvalue weighted by Crippen LogP contribution is -2.27. The molecule has 1 aliphatic rings. The van der Waals surface area contributed by atoms with Crippen molar-refractivity contribution in [1.29, 1.82) is 0 Å². The second-order valence-corrected chi connectivity index (χ2v) is 6.47. The number of thiocarbonyl (C=S) groups is 1. The van der Waals surface area contributed by atoms with E-state index in [0.717, 1.165) is 30.3 Å². The predicted molar refractivity (Wildman–Crippen MR) is 91.8 cm³/mol. The number of nitrogens with two attached hydrogens (primary N) is 1. The number of hydrogen-bond donors (Lipinski definition) is 1. The Kier molecular flexibility index (Phi) is 5.67. The molecule has 1 aromatic rings. The minimum Gasteiger partial charge on any atom is -0.389 e. The smallest absolute Gasteiger partial charge is 0.106 e. The fraction of sp³-hybridized carbons (Fsp3) is 0.562. The molecule has 0 spiro atoms. The van der Waals surface area contributed by atoms with Gasteiger partial charge in [-0.25, -0.2) is 0 Å². The van der Waals surface area contributed by atoms with Gasteiger partial charge in [-0.15, -0.1) is 0 Å². The van der Waals surface area contributed by atoms with Gasteiger partial charge in [0.2, 0.25) is 0 Å². The second-order valence-electron chi connectivity index (χ2n) is 5.60. The van der Waals surface area contributed by atoms with Crippen LogP contribution in [0.25, 0.3) is 0 Å². The minimum atomic E-state index is 0.428. The molecule has 1 saturated heterocycles. The van der Waals surface area contributed by atoms with Gasteiger partial charge in [0.25, 0.3) is 0 Å². The lowest BCUT2D eigenvalue weighted by atomic mass is 9.96. The van der Waals surface area contributed by atoms with Gasteiger partial charge in [-0.1, -0.05) is 43.6 Å². The molecule has 1 atom stereocenters. The Labute approximate surface area is 132 Å². The number of halogens is 1. The summed E-state index contributed by atoms with van der Waals surface area (Å²) in [5, 5.41) is 0.690. The molecule has 1 fully saturated rings. The van der Waals surface area contributed by atoms with Gasteiger partial charge >= 0.3 is 0 Å². The summed E-state index contributed by atoms with van der Waals surface area (Å²) in [6, 6.07) is 5.86. The van der Waals surface area contributed by atoms with Crippen LogP contribution in [0.2, 0.25) is 5.02 Å². The summed E-state index contributed by atoms with van der Waals surface area (Å²) in [6.45, 7) is 4.44. The topological polar surface area (TPSA) is 29.3 Å². The Morgan fingerprint density at radius 3 is 2.90 bits per heavy atom. The van der Waals surface area contributed by atoms with E-state index in [9.17, 15) is 0 Å². The van der Waals surface area contributed by atoms with E-state index in [1.54, 1.807) is 0 Å². The lowest BCUT2D eigenvalue weighted by Gasteiger charge is -2.25. The normalized spacial score (nSPS) is 19.7. The van der Waals surface area contributed by atoms with E-state index in [0.29, 0.717) is 10.0 Å². The predicted octanol–water partition coefficient (Wildman–Crippen LogP) is 4.38. The molecule has 1 unspecified atom stereocenters. The summed E-state index contributed by atoms with van der Waals surface area (Å²) < 4.78 is 0. The zero-order valence-corrected chi connectivity index (χ0v) is 13.6. The zero-order chi connectivity index (χ0) is 14.5. The molecule has 1 aromatic carbocycles. The molecule has 1 aliphatic heterocycles. The van der Waals surface area contributed by atoms with Crippen molar-refractivity contribution in [3.8, 4) is 0 Å². The van der Waals surface area contributed by atoms with Crippen molar-refractivity contribution in [2.24, 2.45) is 11.7 Å². The quantitative estimate of drug-likeness (QED) is 0.837. The maximum Gasteiger partial charge on any atom is 0.106 e. The van der Waals surface area contributed by atoms with E-state index < -0.39 is 0 Å². The molecule has 20 heavy (non-hydrogen) atoms. The molecular weight excluding hydrogens is 288 g/mol. The van der Waals surface area contributed by atoms with Gasteiger partial charge in [-0.2, -0.15) is 0 Å². The monoisotopic (exact) mass is 310 g/mol. The van der Waals surface area contributed by atoms with Gasteiger partial charge in [0, 0.05) is 29.4 Å². The maximum absolute atomic E-state index is 6.06. The number of nitrogens with zero attached hydrogens (tertiary/aromatic N) is 1. The van der Waals surface area contributed by atoms with E-state index >= 15 is 0 Å². The minimum absolute atomic E-state index is 0.428. The first-order valence-electron chi connectivity index (χ1n) is 7.46. The fourth-order valence-corrected chi connectivity index (χ4v) is 3.42. The van der Waals surface area contributed by atoms with Crippen LogP contribution in [0.15, 0.2) is 18.2 Å². The standard InChI is InChI=1S/C16H23ClN2S/c1-2-4-12-5-3-9-19(10-8-12)15-7-6-13(17)11-14(15)16(18)20/h6-7,11-12H,2-5,8-10H2,1H3,(H2,18,20). The van der Waals surface area contributed by atoms with Crippen LogP contribution >= 0.6 is 23.8 Å². The third-order valence-corrected chi connectivity index (χ3v) is 4.56. The molecule has 0 amide bonds. The lowest BCUT2D eigenvalue weighted by molar-refractivity contribution is 0.435. The van der Waals surface area contributed by atoms with Gasteiger partial charge in [-0.3, -0.25) is 0 Å². The van der Waals surface area contributed by atoms with E-state index in [4.69, 9.17) is 29.6 Å². The van der Waals surface area contributed by atoms with Crippen LogP contribution in [-0.4, -0.2) is 18.1 Å². The van der Waals surface area contributed by atoms with Crippen LogP contribution in [-0.2, 0) is 0 Å². The van der Waals surface area contributed by atoms with Crippen LogP contribution in [0.5, 0.6) is 0 Å². The van der Waals surface area contributed by atoms with E-state index in [1.165, 1.54) is 32.1 Å². The van der Waals surface area contributed by atoms with Gasteiger partial charge in [-0.05, 0) is 43.4 Å². The first-order valence-corrected chi connectivity index (χ1v) is 8.24. The van der Waals surface area contributed by atoms with Crippen molar-refractivity contribution in [3.05, 3.63) is 28.8 Å². The summed E-state index contributed by atoms with van der Waals surface area (Å²) in [6.07, 6.45) is 6.46. The molecule has 4 heteroatoms. The molecule has 0 aromatic heterocycles. The maximum atomic E-state index is 6.06. The summed E-state index contributed by atoms with van der Waals surface area (Å²) >= 11 is 11.2. The largest absolute Gasteiger partial charge is 0.389 e. The Bertz CT molecular complexity index is 476. The van der Waals surface area contributed by atoms with Gasteiger partial charge in [0.1, 0.15) is 4.99 Å². The molecule has 0 saturated carbocycles. The van der Waals surface area contributed by atoms with E-state index in [-0.39, 0.29) is 0 Å². The van der Waals surface area contributed by atoms with Crippen molar-refractivity contribution < 1.29 is 0 Å². The van der Waals surface area contributed by atoms with Crippen LogP contribution in [0, 0.1) is 5.92 Å². The summed E-state index contributed by atoms with van der Waals surface area (Å²) in [5.74, 6) is 0.866. The summed E-state index contributed by atoms with van der Waals surface area (Å²) in [4.78, 5) is 2.84. The Balaban J connectivity index is 2.17. The highest BCUT2D eigenvalue weighted by Gasteiger charge is 2.19. The van der Waals surface area contributed by atoms with Crippen molar-refractivity contribution in [2.45, 2.75) is 39.0 Å². The molecule has 0 radical (unpaired) electrons. The van der Waals surface area contributed by atoms with Crippen LogP contribution in [0.4, 0.5) is 5.69 Å². The van der Waals surface area contributed by atoms with Gasteiger partial charge in [0.15, 0.2) is 0 Å². The fourth-order valence-electron chi connectivity index (χ4n) is 3.08. The van der Waals surface area contributed by atoms with Crippen LogP contribution in [0.3, 0.4) is 0 Å². The van der Waals surface area contributed by atoms with Crippen molar-refractivity contribution in [2.75, 3.05) is 18.0 Å². The van der Waals surface area contributed by atoms with Crippen LogP contribution in [0.1, 0.15) is 44.6 Å². The SMILES string of the molecule is CCCC1CCCN(c2ccc(Cl)cc2C(N)=S)CC1.